The minimum Gasteiger partial charge on any atom is -0.344 e. The van der Waals surface area contributed by atoms with Crippen LogP contribution >= 0.6 is 0 Å². The van der Waals surface area contributed by atoms with Crippen molar-refractivity contribution < 1.29 is 4.92 Å². The molecule has 24 heavy (non-hydrogen) atoms. The Labute approximate surface area is 138 Å². The highest BCUT2D eigenvalue weighted by Gasteiger charge is 2.19. The number of fused-ring (bicyclic) bond motifs is 1. The lowest BCUT2D eigenvalue weighted by Gasteiger charge is -2.08. The quantitative estimate of drug-likeness (QED) is 0.538. The molecule has 7 heteroatoms. The van der Waals surface area contributed by atoms with Gasteiger partial charge in [0.15, 0.2) is 5.69 Å². The number of hydrogen-bond acceptors (Lipinski definition) is 4. The fourth-order valence-corrected chi connectivity index (χ4v) is 2.91. The molecule has 0 unspecified atom stereocenters. The van der Waals surface area contributed by atoms with Gasteiger partial charge in [-0.05, 0) is 26.8 Å². The van der Waals surface area contributed by atoms with Crippen LogP contribution < -0.4 is 0 Å². The number of hydrogen-bond donors (Lipinski definition) is 0. The van der Waals surface area contributed by atoms with Gasteiger partial charge in [0.25, 0.3) is 5.69 Å². The van der Waals surface area contributed by atoms with Crippen LogP contribution in [0.15, 0.2) is 30.5 Å². The van der Waals surface area contributed by atoms with Crippen LogP contribution in [0.4, 0.5) is 5.69 Å². The highest BCUT2D eigenvalue weighted by atomic mass is 16.6. The first-order valence-corrected chi connectivity index (χ1v) is 7.73. The van der Waals surface area contributed by atoms with E-state index in [1.807, 2.05) is 31.5 Å². The smallest absolute Gasteiger partial charge is 0.271 e. The maximum atomic E-state index is 11.1. The van der Waals surface area contributed by atoms with Crippen molar-refractivity contribution in [2.75, 3.05) is 0 Å². The molecule has 0 aliphatic carbocycles. The lowest BCUT2D eigenvalue weighted by atomic mass is 10.1. The monoisotopic (exact) mass is 323 g/mol. The molecule has 0 aliphatic rings. The summed E-state index contributed by atoms with van der Waals surface area (Å²) in [6.07, 6.45) is 1.98. The van der Waals surface area contributed by atoms with E-state index in [1.165, 1.54) is 6.07 Å². The average molecular weight is 323 g/mol. The molecule has 3 aromatic rings. The summed E-state index contributed by atoms with van der Waals surface area (Å²) in [5.41, 5.74) is 2.99. The molecule has 0 atom stereocenters. The molecule has 2 heterocycles. The molecular weight excluding hydrogens is 306 g/mol. The first-order chi connectivity index (χ1) is 11.5. The van der Waals surface area contributed by atoms with Gasteiger partial charge < -0.3 is 4.57 Å². The van der Waals surface area contributed by atoms with E-state index in [1.54, 1.807) is 22.9 Å². The van der Waals surface area contributed by atoms with Crippen molar-refractivity contribution in [3.05, 3.63) is 46.3 Å². The van der Waals surface area contributed by atoms with E-state index in [0.717, 1.165) is 22.2 Å². The molecule has 2 aromatic heterocycles. The van der Waals surface area contributed by atoms with Gasteiger partial charge in [-0.3, -0.25) is 14.8 Å². The molecule has 0 bridgehead atoms. The SMILES string of the molecule is CCn1nc(C#N)cc1-c1cn(C(C)C)c2cc([N+](=O)[O-])ccc12. The summed E-state index contributed by atoms with van der Waals surface area (Å²) in [4.78, 5) is 10.7. The first kappa shape index (κ1) is 15.7. The van der Waals surface area contributed by atoms with Crippen molar-refractivity contribution in [1.29, 1.82) is 5.26 Å². The van der Waals surface area contributed by atoms with E-state index in [-0.39, 0.29) is 16.7 Å². The molecular formula is C17H17N5O2. The molecule has 122 valence electrons. The molecule has 0 fully saturated rings. The van der Waals surface area contributed by atoms with Crippen LogP contribution in [0.3, 0.4) is 0 Å². The number of nitrogens with zero attached hydrogens (tertiary/aromatic N) is 5. The molecule has 0 saturated heterocycles. The van der Waals surface area contributed by atoms with Crippen LogP contribution in [0.5, 0.6) is 0 Å². The Hall–Kier alpha value is -3.14. The third-order valence-corrected chi connectivity index (χ3v) is 4.06. The number of nitro benzene ring substituents is 1. The zero-order valence-corrected chi connectivity index (χ0v) is 13.7. The van der Waals surface area contributed by atoms with E-state index >= 15 is 0 Å². The van der Waals surface area contributed by atoms with Gasteiger partial charge in [-0.1, -0.05) is 0 Å². The van der Waals surface area contributed by atoms with E-state index in [2.05, 4.69) is 11.2 Å². The number of rotatable bonds is 4. The number of benzene rings is 1. The van der Waals surface area contributed by atoms with E-state index in [9.17, 15) is 10.1 Å². The van der Waals surface area contributed by atoms with Crippen molar-refractivity contribution in [2.24, 2.45) is 0 Å². The van der Waals surface area contributed by atoms with Crippen LogP contribution in [0.25, 0.3) is 22.2 Å². The Bertz CT molecular complexity index is 975. The number of nitro groups is 1. The molecule has 0 saturated carbocycles. The lowest BCUT2D eigenvalue weighted by Crippen LogP contribution is -1.99. The van der Waals surface area contributed by atoms with Crippen LogP contribution in [0, 0.1) is 21.4 Å². The largest absolute Gasteiger partial charge is 0.344 e. The zero-order valence-electron chi connectivity index (χ0n) is 13.7. The highest BCUT2D eigenvalue weighted by molar-refractivity contribution is 5.96. The van der Waals surface area contributed by atoms with Crippen molar-refractivity contribution >= 4 is 16.6 Å². The van der Waals surface area contributed by atoms with Gasteiger partial charge in [0.1, 0.15) is 6.07 Å². The normalized spacial score (nSPS) is 11.1. The summed E-state index contributed by atoms with van der Waals surface area (Å²) < 4.78 is 3.79. The second-order valence-electron chi connectivity index (χ2n) is 5.84. The van der Waals surface area contributed by atoms with Gasteiger partial charge in [-0.2, -0.15) is 10.4 Å². The van der Waals surface area contributed by atoms with Crippen LogP contribution in [0.1, 0.15) is 32.5 Å². The molecule has 0 aliphatic heterocycles. The van der Waals surface area contributed by atoms with Crippen LogP contribution in [0.2, 0.25) is 0 Å². The minimum atomic E-state index is -0.388. The van der Waals surface area contributed by atoms with E-state index in [4.69, 9.17) is 5.26 Å². The molecule has 7 nitrogen and oxygen atoms in total. The zero-order chi connectivity index (χ0) is 17.4. The van der Waals surface area contributed by atoms with Gasteiger partial charge in [0.05, 0.1) is 16.1 Å². The van der Waals surface area contributed by atoms with Crippen molar-refractivity contribution in [3.63, 3.8) is 0 Å². The summed E-state index contributed by atoms with van der Waals surface area (Å²) in [6, 6.07) is 8.84. The second kappa shape index (κ2) is 5.81. The molecule has 0 radical (unpaired) electrons. The van der Waals surface area contributed by atoms with Crippen molar-refractivity contribution in [1.82, 2.24) is 14.3 Å². The second-order valence-corrected chi connectivity index (χ2v) is 5.84. The molecule has 1 aromatic carbocycles. The maximum absolute atomic E-state index is 11.1. The maximum Gasteiger partial charge on any atom is 0.271 e. The molecule has 0 spiro atoms. The van der Waals surface area contributed by atoms with Crippen molar-refractivity contribution in [3.8, 4) is 17.3 Å². The predicted molar refractivity (Wildman–Crippen MR) is 90.6 cm³/mol. The number of non-ortho nitro benzene ring substituents is 1. The minimum absolute atomic E-state index is 0.0655. The average Bonchev–Trinajstić information content (AvgIpc) is 3.14. The number of aromatic nitrogens is 3. The first-order valence-electron chi connectivity index (χ1n) is 7.73. The Balaban J connectivity index is 2.32. The summed E-state index contributed by atoms with van der Waals surface area (Å²) in [5.74, 6) is 0. The van der Waals surface area contributed by atoms with Crippen LogP contribution in [-0.2, 0) is 6.54 Å². The van der Waals surface area contributed by atoms with E-state index in [0.29, 0.717) is 12.2 Å². The Morgan fingerprint density at radius 3 is 2.71 bits per heavy atom. The van der Waals surface area contributed by atoms with E-state index < -0.39 is 0 Å². The van der Waals surface area contributed by atoms with Gasteiger partial charge in [-0.25, -0.2) is 0 Å². The van der Waals surface area contributed by atoms with Crippen LogP contribution in [-0.4, -0.2) is 19.3 Å². The summed E-state index contributed by atoms with van der Waals surface area (Å²) >= 11 is 0. The predicted octanol–water partition coefficient (Wildman–Crippen LogP) is 3.89. The topological polar surface area (TPSA) is 89.7 Å². The fourth-order valence-electron chi connectivity index (χ4n) is 2.91. The third-order valence-electron chi connectivity index (χ3n) is 4.06. The Morgan fingerprint density at radius 1 is 1.38 bits per heavy atom. The van der Waals surface area contributed by atoms with Gasteiger partial charge in [0, 0.05) is 47.9 Å². The lowest BCUT2D eigenvalue weighted by molar-refractivity contribution is -0.384. The number of aryl methyl sites for hydroxylation is 1. The van der Waals surface area contributed by atoms with Gasteiger partial charge in [0.2, 0.25) is 0 Å². The molecule has 3 rings (SSSR count). The van der Waals surface area contributed by atoms with Gasteiger partial charge >= 0.3 is 0 Å². The number of nitriles is 1. The highest BCUT2D eigenvalue weighted by Crippen LogP contribution is 2.34. The molecule has 0 N–H and O–H groups in total. The summed E-state index contributed by atoms with van der Waals surface area (Å²) in [7, 11) is 0. The fraction of sp³-hybridized carbons (Fsp3) is 0.294. The third kappa shape index (κ3) is 2.42. The standard InChI is InChI=1S/C17H17N5O2/c1-4-21-17(7-12(9-18)19-21)15-10-20(11(2)3)16-8-13(22(23)24)5-6-14(15)16/h5-8,10-11H,4H2,1-3H3. The summed E-state index contributed by atoms with van der Waals surface area (Å²) in [5, 5.41) is 25.4. The Morgan fingerprint density at radius 2 is 2.12 bits per heavy atom. The van der Waals surface area contributed by atoms with Crippen molar-refractivity contribution in [2.45, 2.75) is 33.4 Å². The summed E-state index contributed by atoms with van der Waals surface area (Å²) in [6.45, 7) is 6.65. The Kier molecular flexibility index (Phi) is 3.81. The molecule has 0 amide bonds. The van der Waals surface area contributed by atoms with Gasteiger partial charge in [-0.15, -0.1) is 0 Å².